The highest BCUT2D eigenvalue weighted by molar-refractivity contribution is 9.10. The summed E-state index contributed by atoms with van der Waals surface area (Å²) in [6, 6.07) is 3.26. The molecule has 0 amide bonds. The highest BCUT2D eigenvalue weighted by Gasteiger charge is 2.09. The predicted molar refractivity (Wildman–Crippen MR) is 54.7 cm³/mol. The van der Waals surface area contributed by atoms with Crippen LogP contribution in [0.5, 0.6) is 0 Å². The van der Waals surface area contributed by atoms with Crippen molar-refractivity contribution in [1.29, 1.82) is 0 Å². The molecule has 0 heterocycles. The molecule has 1 nitrogen and oxygen atoms in total. The summed E-state index contributed by atoms with van der Waals surface area (Å²) in [4.78, 5) is 0. The largest absolute Gasteiger partial charge is 0.384 e. The molecule has 0 spiro atoms. The van der Waals surface area contributed by atoms with Crippen molar-refractivity contribution < 1.29 is 9.13 Å². The van der Waals surface area contributed by atoms with E-state index in [2.05, 4.69) is 15.9 Å². The van der Waals surface area contributed by atoms with E-state index in [0.29, 0.717) is 18.6 Å². The minimum absolute atomic E-state index is 0.148. The fraction of sp³-hybridized carbons (Fsp3) is 0.333. The van der Waals surface area contributed by atoms with Gasteiger partial charge >= 0.3 is 0 Å². The number of ether oxygens (including phenoxy) is 1. The van der Waals surface area contributed by atoms with Crippen LogP contribution in [0.3, 0.4) is 0 Å². The van der Waals surface area contributed by atoms with Crippen LogP contribution in [0, 0.1) is 5.82 Å². The Morgan fingerprint density at radius 3 is 2.85 bits per heavy atom. The molecule has 4 heteroatoms. The predicted octanol–water partition coefficient (Wildman–Crippen LogP) is 3.43. The van der Waals surface area contributed by atoms with Gasteiger partial charge in [-0.3, -0.25) is 0 Å². The quantitative estimate of drug-likeness (QED) is 0.763. The summed E-state index contributed by atoms with van der Waals surface area (Å²) in [7, 11) is 1.58. The lowest BCUT2D eigenvalue weighted by Gasteiger charge is -2.06. The lowest BCUT2D eigenvalue weighted by molar-refractivity contribution is 0.201. The van der Waals surface area contributed by atoms with Crippen LogP contribution in [0.15, 0.2) is 16.6 Å². The molecule has 0 aliphatic heterocycles. The van der Waals surface area contributed by atoms with Gasteiger partial charge in [-0.25, -0.2) is 4.39 Å². The van der Waals surface area contributed by atoms with Crippen LogP contribution in [-0.4, -0.2) is 13.7 Å². The third-order valence-corrected chi connectivity index (χ3v) is 2.73. The summed E-state index contributed by atoms with van der Waals surface area (Å²) in [5, 5.41) is 0.148. The fourth-order valence-corrected chi connectivity index (χ4v) is 1.68. The highest BCUT2D eigenvalue weighted by atomic mass is 79.9. The summed E-state index contributed by atoms with van der Waals surface area (Å²) < 4.78 is 19.0. The first kappa shape index (κ1) is 11.0. The van der Waals surface area contributed by atoms with Crippen LogP contribution in [-0.2, 0) is 11.2 Å². The van der Waals surface area contributed by atoms with Crippen molar-refractivity contribution in [3.8, 4) is 0 Å². The van der Waals surface area contributed by atoms with Gasteiger partial charge in [-0.1, -0.05) is 27.5 Å². The molecule has 0 saturated heterocycles. The summed E-state index contributed by atoms with van der Waals surface area (Å²) >= 11 is 8.89. The van der Waals surface area contributed by atoms with Gasteiger partial charge in [0, 0.05) is 17.1 Å². The average Bonchev–Trinajstić information content (AvgIpc) is 2.12. The molecular weight excluding hydrogens is 258 g/mol. The van der Waals surface area contributed by atoms with E-state index in [1.807, 2.05) is 0 Å². The Hall–Kier alpha value is -0.120. The van der Waals surface area contributed by atoms with Gasteiger partial charge in [-0.15, -0.1) is 0 Å². The molecule has 0 aromatic heterocycles. The maximum Gasteiger partial charge on any atom is 0.146 e. The Kier molecular flexibility index (Phi) is 4.16. The Balaban J connectivity index is 2.96. The van der Waals surface area contributed by atoms with Crippen molar-refractivity contribution in [1.82, 2.24) is 0 Å². The van der Waals surface area contributed by atoms with E-state index in [4.69, 9.17) is 16.3 Å². The zero-order valence-electron chi connectivity index (χ0n) is 7.11. The Labute approximate surface area is 90.0 Å². The summed E-state index contributed by atoms with van der Waals surface area (Å²) in [5.74, 6) is -0.368. The Bertz CT molecular complexity index is 304. The van der Waals surface area contributed by atoms with Gasteiger partial charge in [0.1, 0.15) is 5.82 Å². The number of benzene rings is 1. The molecule has 0 bridgehead atoms. The lowest BCUT2D eigenvalue weighted by atomic mass is 10.1. The van der Waals surface area contributed by atoms with Crippen molar-refractivity contribution >= 4 is 27.5 Å². The second kappa shape index (κ2) is 4.94. The van der Waals surface area contributed by atoms with E-state index in [1.54, 1.807) is 13.2 Å². The topological polar surface area (TPSA) is 9.23 Å². The molecule has 1 aromatic rings. The zero-order valence-corrected chi connectivity index (χ0v) is 9.45. The first-order valence-corrected chi connectivity index (χ1v) is 4.95. The second-order valence-corrected chi connectivity index (χ2v) is 3.83. The van der Waals surface area contributed by atoms with Gasteiger partial charge in [-0.05, 0) is 18.6 Å². The molecular formula is C9H9BrClFO. The van der Waals surface area contributed by atoms with E-state index >= 15 is 0 Å². The third-order valence-electron chi connectivity index (χ3n) is 1.70. The summed E-state index contributed by atoms with van der Waals surface area (Å²) in [6.07, 6.45) is 0.517. The minimum Gasteiger partial charge on any atom is -0.384 e. The molecule has 0 atom stereocenters. The second-order valence-electron chi connectivity index (χ2n) is 2.56. The molecule has 0 aliphatic rings. The van der Waals surface area contributed by atoms with Crippen molar-refractivity contribution in [3.63, 3.8) is 0 Å². The van der Waals surface area contributed by atoms with Crippen molar-refractivity contribution in [2.75, 3.05) is 13.7 Å². The molecule has 1 rings (SSSR count). The number of rotatable bonds is 3. The van der Waals surface area contributed by atoms with Gasteiger partial charge in [0.05, 0.1) is 11.6 Å². The van der Waals surface area contributed by atoms with E-state index in [9.17, 15) is 4.39 Å². The molecule has 13 heavy (non-hydrogen) atoms. The molecule has 0 radical (unpaired) electrons. The maximum atomic E-state index is 13.4. The molecule has 0 unspecified atom stereocenters. The molecule has 0 aliphatic carbocycles. The Morgan fingerprint density at radius 2 is 2.23 bits per heavy atom. The van der Waals surface area contributed by atoms with Crippen LogP contribution in [0.4, 0.5) is 4.39 Å². The monoisotopic (exact) mass is 266 g/mol. The molecule has 0 saturated carbocycles. The van der Waals surface area contributed by atoms with Crippen LogP contribution in [0.2, 0.25) is 5.02 Å². The van der Waals surface area contributed by atoms with Gasteiger partial charge in [0.15, 0.2) is 0 Å². The highest BCUT2D eigenvalue weighted by Crippen LogP contribution is 2.26. The third kappa shape index (κ3) is 2.66. The SMILES string of the molecule is COCCc1c(Br)ccc(Cl)c1F. The molecule has 0 fully saturated rings. The van der Waals surface area contributed by atoms with Crippen molar-refractivity contribution in [2.45, 2.75) is 6.42 Å². The van der Waals surface area contributed by atoms with Crippen molar-refractivity contribution in [3.05, 3.63) is 33.0 Å². The molecule has 1 aromatic carbocycles. The number of hydrogen-bond acceptors (Lipinski definition) is 1. The first-order chi connectivity index (χ1) is 6.16. The van der Waals surface area contributed by atoms with Crippen LogP contribution >= 0.6 is 27.5 Å². The van der Waals surface area contributed by atoms with Gasteiger partial charge in [-0.2, -0.15) is 0 Å². The zero-order chi connectivity index (χ0) is 9.84. The summed E-state index contributed by atoms with van der Waals surface area (Å²) in [5.41, 5.74) is 0.564. The molecule has 72 valence electrons. The van der Waals surface area contributed by atoms with E-state index in [1.165, 1.54) is 6.07 Å². The molecule has 0 N–H and O–H groups in total. The minimum atomic E-state index is -0.368. The number of methoxy groups -OCH3 is 1. The first-order valence-electron chi connectivity index (χ1n) is 3.78. The van der Waals surface area contributed by atoms with Crippen molar-refractivity contribution in [2.24, 2.45) is 0 Å². The van der Waals surface area contributed by atoms with E-state index < -0.39 is 0 Å². The number of halogens is 3. The van der Waals surface area contributed by atoms with E-state index in [0.717, 1.165) is 4.47 Å². The summed E-state index contributed by atoms with van der Waals surface area (Å²) in [6.45, 7) is 0.482. The van der Waals surface area contributed by atoms with Gasteiger partial charge in [0.2, 0.25) is 0 Å². The Morgan fingerprint density at radius 1 is 1.54 bits per heavy atom. The van der Waals surface area contributed by atoms with Crippen LogP contribution < -0.4 is 0 Å². The van der Waals surface area contributed by atoms with Crippen LogP contribution in [0.1, 0.15) is 5.56 Å². The van der Waals surface area contributed by atoms with Gasteiger partial charge < -0.3 is 4.74 Å². The fourth-order valence-electron chi connectivity index (χ4n) is 1.00. The average molecular weight is 268 g/mol. The number of hydrogen-bond donors (Lipinski definition) is 0. The normalized spacial score (nSPS) is 10.5. The smallest absolute Gasteiger partial charge is 0.146 e. The maximum absolute atomic E-state index is 13.4. The standard InChI is InChI=1S/C9H9BrClFO/c1-13-5-4-6-7(10)2-3-8(11)9(6)12/h2-3H,4-5H2,1H3. The van der Waals surface area contributed by atoms with Gasteiger partial charge in [0.25, 0.3) is 0 Å². The lowest BCUT2D eigenvalue weighted by Crippen LogP contribution is -1.99. The van der Waals surface area contributed by atoms with Crippen LogP contribution in [0.25, 0.3) is 0 Å². The van der Waals surface area contributed by atoms with E-state index in [-0.39, 0.29) is 10.8 Å².